The van der Waals surface area contributed by atoms with Gasteiger partial charge in [0.1, 0.15) is 18.1 Å². The van der Waals surface area contributed by atoms with Gasteiger partial charge in [-0.25, -0.2) is 4.79 Å². The molecule has 1 aliphatic heterocycles. The summed E-state index contributed by atoms with van der Waals surface area (Å²) < 4.78 is 15.9. The van der Waals surface area contributed by atoms with Crippen molar-refractivity contribution >= 4 is 33.9 Å². The molecule has 1 atom stereocenters. The lowest BCUT2D eigenvalue weighted by atomic mass is 10.2. The minimum Gasteiger partial charge on any atom is -0.486 e. The molecule has 0 fully saturated rings. The van der Waals surface area contributed by atoms with Gasteiger partial charge in [0, 0.05) is 17.8 Å². The fourth-order valence-electron chi connectivity index (χ4n) is 2.17. The highest BCUT2D eigenvalue weighted by Gasteiger charge is 2.22. The summed E-state index contributed by atoms with van der Waals surface area (Å²) in [5, 5.41) is 13.1. The lowest BCUT2D eigenvalue weighted by Gasteiger charge is -2.19. The fourth-order valence-corrected chi connectivity index (χ4v) is 2.88. The summed E-state index contributed by atoms with van der Waals surface area (Å²) in [5.41, 5.74) is 0.467. The monoisotopic (exact) mass is 378 g/mol. The zero-order valence-electron chi connectivity index (χ0n) is 13.6. The summed E-state index contributed by atoms with van der Waals surface area (Å²) >= 11 is 0.686. The molecule has 9 nitrogen and oxygen atoms in total. The van der Waals surface area contributed by atoms with Crippen molar-refractivity contribution in [3.63, 3.8) is 0 Å². The first-order valence-electron chi connectivity index (χ1n) is 7.60. The Morgan fingerprint density at radius 1 is 1.23 bits per heavy atom. The Hall–Kier alpha value is -3.14. The number of carbonyl (C=O) groups is 2. The second kappa shape index (κ2) is 7.40. The number of thiophene rings is 1. The highest BCUT2D eigenvalue weighted by Crippen LogP contribution is 2.32. The smallest absolute Gasteiger partial charge is 0.349 e. The highest BCUT2D eigenvalue weighted by molar-refractivity contribution is 7.17. The number of benzene rings is 1. The molecular formula is C16H14N2O7S. The van der Waals surface area contributed by atoms with E-state index < -0.39 is 22.9 Å². The Balaban J connectivity index is 1.60. The van der Waals surface area contributed by atoms with Gasteiger partial charge in [0.05, 0.1) is 4.92 Å². The van der Waals surface area contributed by atoms with E-state index in [0.717, 1.165) is 0 Å². The van der Waals surface area contributed by atoms with E-state index in [1.807, 2.05) is 0 Å². The van der Waals surface area contributed by atoms with Gasteiger partial charge >= 0.3 is 11.0 Å². The van der Waals surface area contributed by atoms with Gasteiger partial charge in [-0.2, -0.15) is 0 Å². The quantitative estimate of drug-likeness (QED) is 0.483. The number of nitrogens with zero attached hydrogens (tertiary/aromatic N) is 1. The van der Waals surface area contributed by atoms with Gasteiger partial charge in [-0.3, -0.25) is 14.9 Å². The maximum absolute atomic E-state index is 12.2. The van der Waals surface area contributed by atoms with E-state index in [1.54, 1.807) is 18.2 Å². The van der Waals surface area contributed by atoms with Crippen LogP contribution in [0, 0.1) is 10.1 Å². The molecule has 0 radical (unpaired) electrons. The van der Waals surface area contributed by atoms with Crippen molar-refractivity contribution < 1.29 is 28.7 Å². The number of anilines is 1. The lowest BCUT2D eigenvalue weighted by Crippen LogP contribution is -2.29. The number of nitro groups is 1. The Kier molecular flexibility index (Phi) is 5.03. The summed E-state index contributed by atoms with van der Waals surface area (Å²) in [6.45, 7) is 2.30. The molecule has 3 rings (SSSR count). The van der Waals surface area contributed by atoms with Crippen LogP contribution in [0.15, 0.2) is 30.3 Å². The van der Waals surface area contributed by atoms with Crippen molar-refractivity contribution in [3.8, 4) is 11.5 Å². The lowest BCUT2D eigenvalue weighted by molar-refractivity contribution is -0.380. The molecule has 1 aliphatic rings. The Bertz CT molecular complexity index is 864. The average molecular weight is 378 g/mol. The number of hydrogen-bond acceptors (Lipinski definition) is 8. The van der Waals surface area contributed by atoms with Crippen LogP contribution in [0.2, 0.25) is 0 Å². The standard InChI is InChI=1S/C16H14N2O7S/c1-9(25-16(20)13-4-5-14(26-13)18(21)22)15(19)17-10-2-3-11-12(8-10)24-7-6-23-11/h2-5,8-9H,6-7H2,1H3,(H,17,19). The predicted molar refractivity (Wildman–Crippen MR) is 91.9 cm³/mol. The number of nitrogens with one attached hydrogen (secondary N) is 1. The maximum atomic E-state index is 12.2. The van der Waals surface area contributed by atoms with E-state index in [2.05, 4.69) is 5.32 Å². The van der Waals surface area contributed by atoms with Gasteiger partial charge in [-0.15, -0.1) is 0 Å². The van der Waals surface area contributed by atoms with Crippen molar-refractivity contribution in [2.24, 2.45) is 0 Å². The maximum Gasteiger partial charge on any atom is 0.349 e. The number of esters is 1. The molecule has 1 amide bonds. The van der Waals surface area contributed by atoms with E-state index in [-0.39, 0.29) is 9.88 Å². The molecule has 2 heterocycles. The van der Waals surface area contributed by atoms with Gasteiger partial charge in [-0.1, -0.05) is 11.3 Å². The Morgan fingerprint density at radius 2 is 1.96 bits per heavy atom. The fraction of sp³-hybridized carbons (Fsp3) is 0.250. The summed E-state index contributed by atoms with van der Waals surface area (Å²) in [5.74, 6) is -0.230. The van der Waals surface area contributed by atoms with Crippen LogP contribution in [0.3, 0.4) is 0 Å². The molecule has 10 heteroatoms. The van der Waals surface area contributed by atoms with Gasteiger partial charge in [0.25, 0.3) is 5.91 Å². The number of hydrogen-bond donors (Lipinski definition) is 1. The number of ether oxygens (including phenoxy) is 3. The van der Waals surface area contributed by atoms with E-state index >= 15 is 0 Å². The molecule has 0 aliphatic carbocycles. The van der Waals surface area contributed by atoms with Crippen LogP contribution < -0.4 is 14.8 Å². The largest absolute Gasteiger partial charge is 0.486 e. The van der Waals surface area contributed by atoms with Gasteiger partial charge < -0.3 is 19.5 Å². The molecule has 1 N–H and O–H groups in total. The SMILES string of the molecule is CC(OC(=O)c1ccc([N+](=O)[O-])s1)C(=O)Nc1ccc2c(c1)OCCO2. The van der Waals surface area contributed by atoms with Gasteiger partial charge in [-0.05, 0) is 25.1 Å². The molecule has 1 aromatic carbocycles. The minimum atomic E-state index is -1.09. The molecule has 0 spiro atoms. The number of fused-ring (bicyclic) bond motifs is 1. The van der Waals surface area contributed by atoms with Crippen molar-refractivity contribution in [1.82, 2.24) is 0 Å². The van der Waals surface area contributed by atoms with Gasteiger partial charge in [0.2, 0.25) is 0 Å². The first-order valence-corrected chi connectivity index (χ1v) is 8.41. The second-order valence-corrected chi connectivity index (χ2v) is 6.35. The zero-order chi connectivity index (χ0) is 18.7. The number of carbonyl (C=O) groups excluding carboxylic acids is 2. The van der Waals surface area contributed by atoms with Crippen molar-refractivity contribution in [2.45, 2.75) is 13.0 Å². The summed E-state index contributed by atoms with van der Waals surface area (Å²) in [4.78, 5) is 34.3. The van der Waals surface area contributed by atoms with Crippen LogP contribution in [0.4, 0.5) is 10.7 Å². The first-order chi connectivity index (χ1) is 12.4. The minimum absolute atomic E-state index is 0.0516. The van der Waals surface area contributed by atoms with Crippen LogP contribution in [-0.4, -0.2) is 36.1 Å². The third-order valence-corrected chi connectivity index (χ3v) is 4.45. The van der Waals surface area contributed by atoms with E-state index in [9.17, 15) is 19.7 Å². The highest BCUT2D eigenvalue weighted by atomic mass is 32.1. The summed E-state index contributed by atoms with van der Waals surface area (Å²) in [6.07, 6.45) is -1.09. The first kappa shape index (κ1) is 17.7. The van der Waals surface area contributed by atoms with E-state index in [0.29, 0.717) is 41.7 Å². The van der Waals surface area contributed by atoms with E-state index in [4.69, 9.17) is 14.2 Å². The van der Waals surface area contributed by atoms with Crippen molar-refractivity contribution in [3.05, 3.63) is 45.3 Å². The van der Waals surface area contributed by atoms with Crippen LogP contribution in [-0.2, 0) is 9.53 Å². The third kappa shape index (κ3) is 3.91. The topological polar surface area (TPSA) is 117 Å². The molecule has 2 aromatic rings. The average Bonchev–Trinajstić information content (AvgIpc) is 3.12. The molecular weight excluding hydrogens is 364 g/mol. The van der Waals surface area contributed by atoms with Crippen molar-refractivity contribution in [1.29, 1.82) is 0 Å². The molecule has 0 bridgehead atoms. The zero-order valence-corrected chi connectivity index (χ0v) is 14.4. The number of rotatable bonds is 5. The van der Waals surface area contributed by atoms with E-state index in [1.165, 1.54) is 19.1 Å². The van der Waals surface area contributed by atoms with Crippen molar-refractivity contribution in [2.75, 3.05) is 18.5 Å². The predicted octanol–water partition coefficient (Wildman–Crippen LogP) is 2.61. The van der Waals surface area contributed by atoms with Crippen LogP contribution in [0.5, 0.6) is 11.5 Å². The normalized spacial score (nSPS) is 13.6. The molecule has 136 valence electrons. The summed E-state index contributed by atoms with van der Waals surface area (Å²) in [6, 6.07) is 7.43. The van der Waals surface area contributed by atoms with Crippen LogP contribution >= 0.6 is 11.3 Å². The molecule has 0 saturated carbocycles. The van der Waals surface area contributed by atoms with Crippen LogP contribution in [0.1, 0.15) is 16.6 Å². The molecule has 26 heavy (non-hydrogen) atoms. The van der Waals surface area contributed by atoms with Gasteiger partial charge in [0.15, 0.2) is 17.6 Å². The summed E-state index contributed by atoms with van der Waals surface area (Å²) in [7, 11) is 0. The van der Waals surface area contributed by atoms with Crippen LogP contribution in [0.25, 0.3) is 0 Å². The Labute approximate surface area is 151 Å². The third-order valence-electron chi connectivity index (χ3n) is 3.44. The molecule has 1 aromatic heterocycles. The number of amides is 1. The Morgan fingerprint density at radius 3 is 2.65 bits per heavy atom. The second-order valence-electron chi connectivity index (χ2n) is 5.29. The molecule has 1 unspecified atom stereocenters. The molecule has 0 saturated heterocycles.